The summed E-state index contributed by atoms with van der Waals surface area (Å²) in [5, 5.41) is 4.67. The topological polar surface area (TPSA) is 50.9 Å². The van der Waals surface area contributed by atoms with Crippen molar-refractivity contribution in [3.8, 4) is 0 Å². The number of pyridine rings is 1. The summed E-state index contributed by atoms with van der Waals surface area (Å²) in [4.78, 5) is 4.34. The summed E-state index contributed by atoms with van der Waals surface area (Å²) in [6.07, 6.45) is 8.30. The molecule has 0 amide bonds. The van der Waals surface area contributed by atoms with Crippen molar-refractivity contribution < 1.29 is 0 Å². The van der Waals surface area contributed by atoms with Gasteiger partial charge in [0.15, 0.2) is 0 Å². The van der Waals surface area contributed by atoms with E-state index in [1.165, 1.54) is 32.1 Å². The summed E-state index contributed by atoms with van der Waals surface area (Å²) in [6, 6.07) is 8.66. The Kier molecular flexibility index (Phi) is 3.77. The molecule has 0 bridgehead atoms. The van der Waals surface area contributed by atoms with Gasteiger partial charge in [-0.15, -0.1) is 0 Å². The number of benzene rings is 1. The van der Waals surface area contributed by atoms with Gasteiger partial charge < -0.3 is 11.1 Å². The van der Waals surface area contributed by atoms with Gasteiger partial charge in [-0.05, 0) is 55.9 Å². The van der Waals surface area contributed by atoms with Crippen molar-refractivity contribution in [3.63, 3.8) is 0 Å². The highest BCUT2D eigenvalue weighted by Gasteiger charge is 2.20. The number of rotatable bonds is 3. The highest BCUT2D eigenvalue weighted by Crippen LogP contribution is 2.32. The van der Waals surface area contributed by atoms with Crippen LogP contribution in [0.1, 0.15) is 39.0 Å². The number of fused-ring (bicyclic) bond motifs is 1. The first-order valence-electron chi connectivity index (χ1n) is 7.67. The Bertz CT molecular complexity index is 586. The number of hydrogen-bond acceptors (Lipinski definition) is 3. The number of nitrogens with zero attached hydrogens (tertiary/aromatic N) is 1. The van der Waals surface area contributed by atoms with E-state index < -0.39 is 0 Å². The molecule has 106 valence electrons. The smallest absolute Gasteiger partial charge is 0.0724 e. The minimum Gasteiger partial charge on any atom is -0.397 e. The molecule has 0 aliphatic heterocycles. The van der Waals surface area contributed by atoms with Crippen LogP contribution in [0, 0.1) is 5.92 Å². The van der Waals surface area contributed by atoms with Gasteiger partial charge in [0.25, 0.3) is 0 Å². The Hall–Kier alpha value is -1.77. The first kappa shape index (κ1) is 13.2. The highest BCUT2D eigenvalue weighted by atomic mass is 14.9. The third-order valence-corrected chi connectivity index (χ3v) is 4.61. The molecule has 3 nitrogen and oxygen atoms in total. The van der Waals surface area contributed by atoms with E-state index in [2.05, 4.69) is 23.3 Å². The van der Waals surface area contributed by atoms with Crippen LogP contribution in [0.15, 0.2) is 30.5 Å². The zero-order valence-electron chi connectivity index (χ0n) is 12.1. The maximum absolute atomic E-state index is 6.29. The number of anilines is 2. The van der Waals surface area contributed by atoms with Gasteiger partial charge in [-0.2, -0.15) is 0 Å². The number of hydrogen-bond donors (Lipinski definition) is 2. The van der Waals surface area contributed by atoms with Crippen LogP contribution in [0.25, 0.3) is 10.9 Å². The third-order valence-electron chi connectivity index (χ3n) is 4.61. The van der Waals surface area contributed by atoms with Crippen LogP contribution < -0.4 is 11.1 Å². The summed E-state index contributed by atoms with van der Waals surface area (Å²) in [7, 11) is 0. The van der Waals surface area contributed by atoms with Crippen LogP contribution in [0.4, 0.5) is 11.4 Å². The summed E-state index contributed by atoms with van der Waals surface area (Å²) in [5.41, 5.74) is 9.14. The van der Waals surface area contributed by atoms with E-state index in [1.807, 2.05) is 18.2 Å². The van der Waals surface area contributed by atoms with Gasteiger partial charge >= 0.3 is 0 Å². The Morgan fingerprint density at radius 1 is 1.20 bits per heavy atom. The van der Waals surface area contributed by atoms with Crippen LogP contribution >= 0.6 is 0 Å². The first-order valence-corrected chi connectivity index (χ1v) is 7.67. The van der Waals surface area contributed by atoms with Gasteiger partial charge in [-0.25, -0.2) is 0 Å². The van der Waals surface area contributed by atoms with Crippen molar-refractivity contribution in [1.82, 2.24) is 4.98 Å². The molecule has 0 unspecified atom stereocenters. The average molecular weight is 269 g/mol. The van der Waals surface area contributed by atoms with E-state index in [0.29, 0.717) is 6.04 Å². The van der Waals surface area contributed by atoms with Gasteiger partial charge in [0.1, 0.15) is 0 Å². The van der Waals surface area contributed by atoms with Crippen molar-refractivity contribution in [2.24, 2.45) is 5.92 Å². The fourth-order valence-electron chi connectivity index (χ4n) is 3.24. The lowest BCUT2D eigenvalue weighted by molar-refractivity contribution is 0.330. The maximum Gasteiger partial charge on any atom is 0.0724 e. The second-order valence-corrected chi connectivity index (χ2v) is 5.87. The van der Waals surface area contributed by atoms with Crippen molar-refractivity contribution >= 4 is 22.3 Å². The van der Waals surface area contributed by atoms with E-state index in [0.717, 1.165) is 28.2 Å². The highest BCUT2D eigenvalue weighted by molar-refractivity contribution is 5.96. The standard InChI is InChI=1S/C17H23N3/c1-2-12-5-7-13(8-6-12)20-16-10-9-15-14(17(16)18)4-3-11-19-15/h3-4,9-13,20H,2,5-8,18H2,1H3. The van der Waals surface area contributed by atoms with Gasteiger partial charge in [0.05, 0.1) is 16.9 Å². The van der Waals surface area contributed by atoms with Gasteiger partial charge in [0.2, 0.25) is 0 Å². The molecule has 1 aliphatic rings. The molecule has 1 heterocycles. The molecule has 1 saturated carbocycles. The molecule has 0 radical (unpaired) electrons. The third kappa shape index (κ3) is 2.58. The summed E-state index contributed by atoms with van der Waals surface area (Å²) >= 11 is 0. The number of nitrogens with one attached hydrogen (secondary N) is 1. The van der Waals surface area contributed by atoms with E-state index in [-0.39, 0.29) is 0 Å². The Balaban J connectivity index is 1.76. The predicted octanol–water partition coefficient (Wildman–Crippen LogP) is 4.20. The molecule has 3 heteroatoms. The van der Waals surface area contributed by atoms with Gasteiger partial charge in [-0.3, -0.25) is 4.98 Å². The first-order chi connectivity index (χ1) is 9.78. The fourth-order valence-corrected chi connectivity index (χ4v) is 3.24. The van der Waals surface area contributed by atoms with Crippen LogP contribution in [0.3, 0.4) is 0 Å². The van der Waals surface area contributed by atoms with E-state index in [9.17, 15) is 0 Å². The molecule has 1 aliphatic carbocycles. The van der Waals surface area contributed by atoms with Crippen molar-refractivity contribution in [2.75, 3.05) is 11.1 Å². The molecule has 3 rings (SSSR count). The monoisotopic (exact) mass is 269 g/mol. The Morgan fingerprint density at radius 2 is 2.00 bits per heavy atom. The lowest BCUT2D eigenvalue weighted by Gasteiger charge is -2.29. The molecular weight excluding hydrogens is 246 g/mol. The van der Waals surface area contributed by atoms with E-state index in [4.69, 9.17) is 5.73 Å². The van der Waals surface area contributed by atoms with Crippen LogP contribution in [0.2, 0.25) is 0 Å². The number of aromatic nitrogens is 1. The molecule has 2 aromatic rings. The molecule has 1 fully saturated rings. The minimum atomic E-state index is 0.564. The van der Waals surface area contributed by atoms with Crippen LogP contribution in [-0.2, 0) is 0 Å². The fraction of sp³-hybridized carbons (Fsp3) is 0.471. The largest absolute Gasteiger partial charge is 0.397 e. The summed E-state index contributed by atoms with van der Waals surface area (Å²) in [5.74, 6) is 0.922. The van der Waals surface area contributed by atoms with Gasteiger partial charge in [0, 0.05) is 17.6 Å². The zero-order chi connectivity index (χ0) is 13.9. The van der Waals surface area contributed by atoms with E-state index >= 15 is 0 Å². The average Bonchev–Trinajstić information content (AvgIpc) is 2.51. The molecule has 1 aromatic carbocycles. The molecular formula is C17H23N3. The number of nitrogens with two attached hydrogens (primary N) is 1. The number of nitrogen functional groups attached to an aromatic ring is 1. The quantitative estimate of drug-likeness (QED) is 0.821. The molecule has 3 N–H and O–H groups in total. The van der Waals surface area contributed by atoms with Crippen molar-refractivity contribution in [3.05, 3.63) is 30.5 Å². The minimum absolute atomic E-state index is 0.564. The SMILES string of the molecule is CCC1CCC(Nc2ccc3ncccc3c2N)CC1. The molecule has 20 heavy (non-hydrogen) atoms. The van der Waals surface area contributed by atoms with Crippen molar-refractivity contribution in [2.45, 2.75) is 45.1 Å². The van der Waals surface area contributed by atoms with Gasteiger partial charge in [-0.1, -0.05) is 13.3 Å². The summed E-state index contributed by atoms with van der Waals surface area (Å²) in [6.45, 7) is 2.30. The Morgan fingerprint density at radius 3 is 2.75 bits per heavy atom. The second-order valence-electron chi connectivity index (χ2n) is 5.87. The molecule has 0 saturated heterocycles. The normalized spacial score (nSPS) is 22.9. The predicted molar refractivity (Wildman–Crippen MR) is 85.8 cm³/mol. The van der Waals surface area contributed by atoms with Crippen LogP contribution in [0.5, 0.6) is 0 Å². The summed E-state index contributed by atoms with van der Waals surface area (Å²) < 4.78 is 0. The van der Waals surface area contributed by atoms with E-state index in [1.54, 1.807) is 6.20 Å². The molecule has 0 spiro atoms. The maximum atomic E-state index is 6.29. The zero-order valence-corrected chi connectivity index (χ0v) is 12.1. The Labute approximate surface area is 120 Å². The lowest BCUT2D eigenvalue weighted by Crippen LogP contribution is -2.26. The van der Waals surface area contributed by atoms with Crippen LogP contribution in [-0.4, -0.2) is 11.0 Å². The second kappa shape index (κ2) is 5.70. The molecule has 0 atom stereocenters. The molecule has 1 aromatic heterocycles. The van der Waals surface area contributed by atoms with Crippen molar-refractivity contribution in [1.29, 1.82) is 0 Å². The lowest BCUT2D eigenvalue weighted by atomic mass is 9.84.